The second-order valence-electron chi connectivity index (χ2n) is 6.85. The Hall–Kier alpha value is -2.52. The molecular formula is C20H20BrN3O2. The molecule has 6 heteroatoms. The Morgan fingerprint density at radius 2 is 2.12 bits per heavy atom. The zero-order valence-corrected chi connectivity index (χ0v) is 16.5. The highest BCUT2D eigenvalue weighted by molar-refractivity contribution is 9.10. The summed E-state index contributed by atoms with van der Waals surface area (Å²) in [6, 6.07) is 11.5. The van der Waals surface area contributed by atoms with Crippen LogP contribution in [-0.4, -0.2) is 4.57 Å². The van der Waals surface area contributed by atoms with Gasteiger partial charge in [0.1, 0.15) is 17.4 Å². The van der Waals surface area contributed by atoms with Gasteiger partial charge in [-0.15, -0.1) is 0 Å². The van der Waals surface area contributed by atoms with Gasteiger partial charge in [0, 0.05) is 22.8 Å². The van der Waals surface area contributed by atoms with E-state index in [0.29, 0.717) is 23.8 Å². The van der Waals surface area contributed by atoms with Crippen molar-refractivity contribution in [3.8, 4) is 11.8 Å². The van der Waals surface area contributed by atoms with Crippen LogP contribution in [0.5, 0.6) is 5.75 Å². The smallest absolute Gasteiger partial charge is 0.258 e. The lowest BCUT2D eigenvalue weighted by atomic mass is 9.84. The zero-order valence-electron chi connectivity index (χ0n) is 14.9. The van der Waals surface area contributed by atoms with Crippen molar-refractivity contribution >= 4 is 15.9 Å². The third kappa shape index (κ3) is 3.15. The number of aryl methyl sites for hydroxylation is 1. The molecule has 0 fully saturated rings. The number of hydrogen-bond acceptors (Lipinski definition) is 4. The van der Waals surface area contributed by atoms with E-state index in [1.165, 1.54) is 0 Å². The lowest BCUT2D eigenvalue weighted by molar-refractivity contribution is 0.386. The first kappa shape index (κ1) is 18.3. The summed E-state index contributed by atoms with van der Waals surface area (Å²) in [4.78, 5) is 13.3. The zero-order chi connectivity index (χ0) is 19.0. The number of nitriles is 1. The van der Waals surface area contributed by atoms with Crippen molar-refractivity contribution in [2.75, 3.05) is 0 Å². The maximum absolute atomic E-state index is 13.3. The van der Waals surface area contributed by atoms with Gasteiger partial charge in [-0.05, 0) is 30.5 Å². The molecule has 0 amide bonds. The lowest BCUT2D eigenvalue weighted by Gasteiger charge is -2.27. The predicted octanol–water partition coefficient (Wildman–Crippen LogP) is 3.79. The van der Waals surface area contributed by atoms with Crippen LogP contribution in [0.3, 0.4) is 0 Å². The number of nitrogens with two attached hydrogens (primary N) is 1. The number of hydrogen-bond donors (Lipinski definition) is 1. The van der Waals surface area contributed by atoms with E-state index in [0.717, 1.165) is 15.7 Å². The van der Waals surface area contributed by atoms with E-state index in [-0.39, 0.29) is 17.0 Å². The Morgan fingerprint density at radius 3 is 2.73 bits per heavy atom. The van der Waals surface area contributed by atoms with Crippen molar-refractivity contribution in [3.05, 3.63) is 73.4 Å². The van der Waals surface area contributed by atoms with Crippen molar-refractivity contribution in [3.63, 3.8) is 0 Å². The summed E-state index contributed by atoms with van der Waals surface area (Å²) in [6.07, 6.45) is 0. The average molecular weight is 414 g/mol. The second-order valence-corrected chi connectivity index (χ2v) is 7.77. The lowest BCUT2D eigenvalue weighted by Crippen LogP contribution is -2.33. The van der Waals surface area contributed by atoms with E-state index in [1.54, 1.807) is 4.57 Å². The molecule has 1 atom stereocenters. The number of nitrogens with zero attached hydrogens (tertiary/aromatic N) is 2. The van der Waals surface area contributed by atoms with E-state index in [9.17, 15) is 10.1 Å². The highest BCUT2D eigenvalue weighted by Gasteiger charge is 2.34. The van der Waals surface area contributed by atoms with Gasteiger partial charge in [0.2, 0.25) is 5.88 Å². The van der Waals surface area contributed by atoms with Crippen LogP contribution >= 0.6 is 15.9 Å². The summed E-state index contributed by atoms with van der Waals surface area (Å²) >= 11 is 3.46. The molecule has 5 nitrogen and oxygen atoms in total. The van der Waals surface area contributed by atoms with Crippen molar-refractivity contribution in [1.29, 1.82) is 5.26 Å². The first-order valence-corrected chi connectivity index (χ1v) is 9.20. The Balaban J connectivity index is 2.31. The molecular weight excluding hydrogens is 394 g/mol. The number of benzene rings is 1. The molecule has 1 aliphatic heterocycles. The van der Waals surface area contributed by atoms with E-state index in [2.05, 4.69) is 35.8 Å². The van der Waals surface area contributed by atoms with Crippen LogP contribution in [0, 0.1) is 24.2 Å². The molecule has 0 radical (unpaired) electrons. The standard InChI is InChI=1S/C20H20BrN3O2/c1-11(2)10-24-12(3)7-16-18(20(24)25)17(15(9-22)19(23)26-16)13-5-4-6-14(21)8-13/h4-8,11,17H,10,23H2,1-3H3/t17-/m1/s1. The molecule has 2 aromatic rings. The second kappa shape index (κ2) is 7.00. The molecule has 1 aromatic heterocycles. The first-order valence-electron chi connectivity index (χ1n) is 8.40. The molecule has 0 bridgehead atoms. The van der Waals surface area contributed by atoms with Gasteiger partial charge in [0.15, 0.2) is 0 Å². The summed E-state index contributed by atoms with van der Waals surface area (Å²) in [7, 11) is 0. The van der Waals surface area contributed by atoms with E-state index in [1.807, 2.05) is 37.3 Å². The first-order chi connectivity index (χ1) is 12.3. The Bertz CT molecular complexity index is 999. The van der Waals surface area contributed by atoms with Gasteiger partial charge >= 0.3 is 0 Å². The van der Waals surface area contributed by atoms with Crippen LogP contribution in [0.1, 0.15) is 36.6 Å². The molecule has 2 heterocycles. The number of pyridine rings is 1. The van der Waals surface area contributed by atoms with E-state index in [4.69, 9.17) is 10.5 Å². The number of aromatic nitrogens is 1. The van der Waals surface area contributed by atoms with Crippen molar-refractivity contribution in [1.82, 2.24) is 4.57 Å². The summed E-state index contributed by atoms with van der Waals surface area (Å²) in [5.41, 5.74) is 8.21. The van der Waals surface area contributed by atoms with Crippen LogP contribution < -0.4 is 16.0 Å². The fourth-order valence-electron chi connectivity index (χ4n) is 3.30. The number of halogens is 1. The minimum absolute atomic E-state index is 0.0467. The molecule has 1 aliphatic rings. The van der Waals surface area contributed by atoms with Gasteiger partial charge in [-0.25, -0.2) is 0 Å². The Kier molecular flexibility index (Phi) is 4.92. The van der Waals surface area contributed by atoms with Gasteiger partial charge in [0.25, 0.3) is 5.56 Å². The summed E-state index contributed by atoms with van der Waals surface area (Å²) < 4.78 is 8.26. The molecule has 134 valence electrons. The highest BCUT2D eigenvalue weighted by Crippen LogP contribution is 2.41. The number of fused-ring (bicyclic) bond motifs is 1. The van der Waals surface area contributed by atoms with Gasteiger partial charge in [-0.3, -0.25) is 4.79 Å². The normalized spacial score (nSPS) is 16.2. The summed E-state index contributed by atoms with van der Waals surface area (Å²) in [5, 5.41) is 9.66. The topological polar surface area (TPSA) is 81.0 Å². The number of ether oxygens (including phenoxy) is 1. The van der Waals surface area contributed by atoms with Gasteiger partial charge in [-0.2, -0.15) is 5.26 Å². The summed E-state index contributed by atoms with van der Waals surface area (Å²) in [5.74, 6) is 0.237. The Labute approximate surface area is 160 Å². The average Bonchev–Trinajstić information content (AvgIpc) is 2.57. The highest BCUT2D eigenvalue weighted by atomic mass is 79.9. The minimum Gasteiger partial charge on any atom is -0.440 e. The van der Waals surface area contributed by atoms with Crippen molar-refractivity contribution in [2.24, 2.45) is 11.7 Å². The quantitative estimate of drug-likeness (QED) is 0.829. The predicted molar refractivity (Wildman–Crippen MR) is 104 cm³/mol. The number of allylic oxidation sites excluding steroid dienone is 1. The fraction of sp³-hybridized carbons (Fsp3) is 0.300. The molecule has 0 saturated heterocycles. The van der Waals surface area contributed by atoms with E-state index < -0.39 is 5.92 Å². The van der Waals surface area contributed by atoms with Crippen LogP contribution in [0.4, 0.5) is 0 Å². The maximum Gasteiger partial charge on any atom is 0.258 e. The van der Waals surface area contributed by atoms with Crippen LogP contribution in [0.25, 0.3) is 0 Å². The third-order valence-corrected chi connectivity index (χ3v) is 4.91. The van der Waals surface area contributed by atoms with Crippen LogP contribution in [0.15, 0.2) is 51.1 Å². The monoisotopic (exact) mass is 413 g/mol. The van der Waals surface area contributed by atoms with Crippen LogP contribution in [-0.2, 0) is 6.54 Å². The third-order valence-electron chi connectivity index (χ3n) is 4.42. The van der Waals surface area contributed by atoms with Crippen LogP contribution in [0.2, 0.25) is 0 Å². The maximum atomic E-state index is 13.3. The molecule has 3 rings (SSSR count). The summed E-state index contributed by atoms with van der Waals surface area (Å²) in [6.45, 7) is 6.60. The molecule has 0 unspecified atom stereocenters. The van der Waals surface area contributed by atoms with Gasteiger partial charge in [0.05, 0.1) is 11.5 Å². The molecule has 0 spiro atoms. The molecule has 2 N–H and O–H groups in total. The largest absolute Gasteiger partial charge is 0.440 e. The molecule has 26 heavy (non-hydrogen) atoms. The fourth-order valence-corrected chi connectivity index (χ4v) is 3.71. The minimum atomic E-state index is -0.548. The molecule has 0 saturated carbocycles. The van der Waals surface area contributed by atoms with Gasteiger partial charge in [-0.1, -0.05) is 41.9 Å². The Morgan fingerprint density at radius 1 is 1.38 bits per heavy atom. The van der Waals surface area contributed by atoms with Crippen molar-refractivity contribution < 1.29 is 4.74 Å². The van der Waals surface area contributed by atoms with Gasteiger partial charge < -0.3 is 15.0 Å². The SMILES string of the molecule is Cc1cc2c(c(=O)n1CC(C)C)[C@H](c1cccc(Br)c1)C(C#N)=C(N)O2. The molecule has 0 aliphatic carbocycles. The number of rotatable bonds is 3. The van der Waals surface area contributed by atoms with E-state index >= 15 is 0 Å². The molecule has 1 aromatic carbocycles. The van der Waals surface area contributed by atoms with Crippen molar-refractivity contribution in [2.45, 2.75) is 33.2 Å².